The molecular formula is C10H12N2O. The zero-order chi connectivity index (χ0) is 9.73. The van der Waals surface area contributed by atoms with Crippen LogP contribution in [-0.4, -0.2) is 12.5 Å². The van der Waals surface area contributed by atoms with E-state index in [4.69, 9.17) is 5.26 Å². The molecule has 0 spiro atoms. The zero-order valence-corrected chi connectivity index (χ0v) is 7.68. The molecule has 3 nitrogen and oxygen atoms in total. The van der Waals surface area contributed by atoms with Crippen LogP contribution in [0.25, 0.3) is 0 Å². The van der Waals surface area contributed by atoms with Gasteiger partial charge in [0.15, 0.2) is 0 Å². The third-order valence-electron chi connectivity index (χ3n) is 2.14. The van der Waals surface area contributed by atoms with Crippen molar-refractivity contribution in [1.29, 1.82) is 5.26 Å². The van der Waals surface area contributed by atoms with E-state index in [9.17, 15) is 4.79 Å². The number of carbonyl (C=O) groups is 1. The summed E-state index contributed by atoms with van der Waals surface area (Å²) in [6, 6.07) is 2.18. The molecule has 13 heavy (non-hydrogen) atoms. The number of hydrogen-bond donors (Lipinski definition) is 1. The minimum absolute atomic E-state index is 0.0678. The van der Waals surface area contributed by atoms with E-state index in [2.05, 4.69) is 23.2 Å². The number of amides is 1. The molecule has 0 atom stereocenters. The van der Waals surface area contributed by atoms with Gasteiger partial charge in [0.1, 0.15) is 0 Å². The van der Waals surface area contributed by atoms with Gasteiger partial charge in [-0.25, -0.2) is 0 Å². The van der Waals surface area contributed by atoms with Gasteiger partial charge in [0, 0.05) is 6.42 Å². The van der Waals surface area contributed by atoms with E-state index in [0.29, 0.717) is 13.0 Å². The van der Waals surface area contributed by atoms with Crippen LogP contribution in [0.2, 0.25) is 0 Å². The van der Waals surface area contributed by atoms with Crippen molar-refractivity contribution in [2.24, 2.45) is 5.41 Å². The van der Waals surface area contributed by atoms with Crippen molar-refractivity contribution in [3.8, 4) is 17.9 Å². The van der Waals surface area contributed by atoms with Crippen LogP contribution in [0.3, 0.4) is 0 Å². The average Bonchev–Trinajstić information content (AvgIpc) is 2.86. The van der Waals surface area contributed by atoms with Gasteiger partial charge in [0.05, 0.1) is 18.0 Å². The van der Waals surface area contributed by atoms with Gasteiger partial charge in [-0.1, -0.05) is 5.92 Å². The van der Waals surface area contributed by atoms with Crippen LogP contribution in [0.15, 0.2) is 0 Å². The minimum atomic E-state index is -0.344. The van der Waals surface area contributed by atoms with Gasteiger partial charge in [0.25, 0.3) is 0 Å². The van der Waals surface area contributed by atoms with Crippen molar-refractivity contribution in [2.75, 3.05) is 6.54 Å². The molecule has 0 saturated heterocycles. The summed E-state index contributed by atoms with van der Waals surface area (Å²) >= 11 is 0. The van der Waals surface area contributed by atoms with Crippen LogP contribution in [0.5, 0.6) is 0 Å². The molecule has 0 heterocycles. The summed E-state index contributed by atoms with van der Waals surface area (Å²) in [6.45, 7) is 2.11. The van der Waals surface area contributed by atoms with E-state index in [-0.39, 0.29) is 11.3 Å². The molecule has 0 aromatic carbocycles. The molecular weight excluding hydrogens is 164 g/mol. The van der Waals surface area contributed by atoms with Crippen LogP contribution < -0.4 is 5.32 Å². The fourth-order valence-electron chi connectivity index (χ4n) is 1.08. The average molecular weight is 176 g/mol. The summed E-state index contributed by atoms with van der Waals surface area (Å²) in [7, 11) is 0. The molecule has 1 fully saturated rings. The van der Waals surface area contributed by atoms with Crippen LogP contribution in [0.4, 0.5) is 0 Å². The summed E-state index contributed by atoms with van der Waals surface area (Å²) in [4.78, 5) is 11.2. The molecule has 1 saturated carbocycles. The first-order chi connectivity index (χ1) is 6.22. The second-order valence-corrected chi connectivity index (χ2v) is 3.27. The number of nitrogens with one attached hydrogen (secondary N) is 1. The number of carbonyl (C=O) groups excluding carboxylic acids is 1. The molecule has 0 aliphatic heterocycles. The van der Waals surface area contributed by atoms with E-state index < -0.39 is 0 Å². The Bertz CT molecular complexity index is 299. The van der Waals surface area contributed by atoms with E-state index in [1.54, 1.807) is 6.92 Å². The molecule has 1 rings (SSSR count). The monoisotopic (exact) mass is 176 g/mol. The largest absolute Gasteiger partial charge is 0.345 e. The number of nitriles is 1. The van der Waals surface area contributed by atoms with Crippen LogP contribution in [0.1, 0.15) is 26.2 Å². The van der Waals surface area contributed by atoms with Gasteiger partial charge in [-0.15, -0.1) is 5.92 Å². The highest BCUT2D eigenvalue weighted by Gasteiger charge is 2.44. The van der Waals surface area contributed by atoms with E-state index in [0.717, 1.165) is 12.8 Å². The fraction of sp³-hybridized carbons (Fsp3) is 0.600. The van der Waals surface area contributed by atoms with Gasteiger partial charge in [-0.05, 0) is 19.8 Å². The predicted octanol–water partition coefficient (Wildman–Crippen LogP) is 0.820. The van der Waals surface area contributed by atoms with Crippen molar-refractivity contribution in [3.05, 3.63) is 0 Å². The first kappa shape index (κ1) is 9.61. The lowest BCUT2D eigenvalue weighted by atomic mass is 10.0. The van der Waals surface area contributed by atoms with E-state index in [1.807, 2.05) is 0 Å². The molecule has 68 valence electrons. The molecule has 0 radical (unpaired) electrons. The van der Waals surface area contributed by atoms with Crippen LogP contribution in [0, 0.1) is 28.6 Å². The smallest absolute Gasteiger partial charge is 0.222 e. The minimum Gasteiger partial charge on any atom is -0.345 e. The Morgan fingerprint density at radius 1 is 1.62 bits per heavy atom. The van der Waals surface area contributed by atoms with Gasteiger partial charge >= 0.3 is 0 Å². The maximum absolute atomic E-state index is 11.2. The maximum atomic E-state index is 11.2. The van der Waals surface area contributed by atoms with Crippen molar-refractivity contribution >= 4 is 5.91 Å². The highest BCUT2D eigenvalue weighted by Crippen LogP contribution is 2.47. The second-order valence-electron chi connectivity index (χ2n) is 3.27. The molecule has 1 N–H and O–H groups in total. The summed E-state index contributed by atoms with van der Waals surface area (Å²) < 4.78 is 0. The third kappa shape index (κ3) is 2.80. The van der Waals surface area contributed by atoms with Crippen molar-refractivity contribution in [2.45, 2.75) is 26.2 Å². The maximum Gasteiger partial charge on any atom is 0.222 e. The first-order valence-corrected chi connectivity index (χ1v) is 4.30. The number of rotatable bonds is 3. The highest BCUT2D eigenvalue weighted by atomic mass is 16.1. The second kappa shape index (κ2) is 3.96. The lowest BCUT2D eigenvalue weighted by Gasteiger charge is -2.03. The molecule has 3 heteroatoms. The van der Waals surface area contributed by atoms with Gasteiger partial charge in [0.2, 0.25) is 5.91 Å². The Balaban J connectivity index is 2.25. The quantitative estimate of drug-likeness (QED) is 0.647. The standard InChI is InChI=1S/C10H12N2O/c1-2-3-6-12-9(13)7-10(8-11)4-5-10/h4-7H2,1H3,(H,12,13). The normalized spacial score (nSPS) is 16.3. The van der Waals surface area contributed by atoms with E-state index in [1.165, 1.54) is 0 Å². The van der Waals surface area contributed by atoms with Gasteiger partial charge < -0.3 is 5.32 Å². The molecule has 1 aliphatic rings. The Morgan fingerprint density at radius 3 is 2.77 bits per heavy atom. The number of hydrogen-bond acceptors (Lipinski definition) is 2. The summed E-state index contributed by atoms with van der Waals surface area (Å²) in [5.74, 6) is 5.36. The molecule has 0 aromatic rings. The zero-order valence-electron chi connectivity index (χ0n) is 7.68. The summed E-state index contributed by atoms with van der Waals surface area (Å²) in [6.07, 6.45) is 2.04. The highest BCUT2D eigenvalue weighted by molar-refractivity contribution is 5.77. The Labute approximate surface area is 78.1 Å². The van der Waals surface area contributed by atoms with E-state index >= 15 is 0 Å². The van der Waals surface area contributed by atoms with Crippen LogP contribution in [-0.2, 0) is 4.79 Å². The van der Waals surface area contributed by atoms with Gasteiger partial charge in [-0.3, -0.25) is 4.79 Å². The fourth-order valence-corrected chi connectivity index (χ4v) is 1.08. The Morgan fingerprint density at radius 2 is 2.31 bits per heavy atom. The third-order valence-corrected chi connectivity index (χ3v) is 2.14. The molecule has 1 aliphatic carbocycles. The SMILES string of the molecule is CC#CCNC(=O)CC1(C#N)CC1. The summed E-state index contributed by atoms with van der Waals surface area (Å²) in [5, 5.41) is 11.4. The molecule has 1 amide bonds. The number of nitrogens with zero attached hydrogens (tertiary/aromatic N) is 1. The summed E-state index contributed by atoms with van der Waals surface area (Å²) in [5.41, 5.74) is -0.344. The Hall–Kier alpha value is -1.48. The predicted molar refractivity (Wildman–Crippen MR) is 48.4 cm³/mol. The van der Waals surface area contributed by atoms with Gasteiger partial charge in [-0.2, -0.15) is 5.26 Å². The molecule has 0 bridgehead atoms. The lowest BCUT2D eigenvalue weighted by Crippen LogP contribution is -2.25. The Kier molecular flexibility index (Phi) is 2.93. The van der Waals surface area contributed by atoms with Crippen molar-refractivity contribution in [3.63, 3.8) is 0 Å². The molecule has 0 unspecified atom stereocenters. The lowest BCUT2D eigenvalue weighted by molar-refractivity contribution is -0.121. The topological polar surface area (TPSA) is 52.9 Å². The van der Waals surface area contributed by atoms with Crippen molar-refractivity contribution < 1.29 is 4.79 Å². The molecule has 0 aromatic heterocycles. The first-order valence-electron chi connectivity index (χ1n) is 4.30. The van der Waals surface area contributed by atoms with Crippen molar-refractivity contribution in [1.82, 2.24) is 5.32 Å². The van der Waals surface area contributed by atoms with Crippen LogP contribution >= 0.6 is 0 Å².